The minimum atomic E-state index is -0.295. The molecule has 0 aliphatic rings. The molecule has 0 spiro atoms. The van der Waals surface area contributed by atoms with Crippen LogP contribution in [0.1, 0.15) is 0 Å². The molecule has 0 saturated carbocycles. The number of aromatic nitrogens is 3. The summed E-state index contributed by atoms with van der Waals surface area (Å²) in [6.45, 7) is 0. The highest BCUT2D eigenvalue weighted by molar-refractivity contribution is 5.57. The third kappa shape index (κ3) is 1.98. The van der Waals surface area contributed by atoms with Crippen molar-refractivity contribution in [2.75, 3.05) is 0 Å². The van der Waals surface area contributed by atoms with Crippen molar-refractivity contribution in [3.63, 3.8) is 0 Å². The lowest BCUT2D eigenvalue weighted by Crippen LogP contribution is -1.86. The Morgan fingerprint density at radius 2 is 1.72 bits per heavy atom. The summed E-state index contributed by atoms with van der Waals surface area (Å²) in [6.07, 6.45) is 4.75. The second kappa shape index (κ2) is 4.37. The molecule has 0 unspecified atom stereocenters. The van der Waals surface area contributed by atoms with Gasteiger partial charge in [-0.1, -0.05) is 0 Å². The van der Waals surface area contributed by atoms with Gasteiger partial charge >= 0.3 is 0 Å². The van der Waals surface area contributed by atoms with Crippen molar-refractivity contribution < 1.29 is 8.81 Å². The van der Waals surface area contributed by atoms with Crippen LogP contribution in [0.15, 0.2) is 53.4 Å². The number of benzene rings is 1. The Bertz CT molecular complexity index is 650. The van der Waals surface area contributed by atoms with E-state index in [4.69, 9.17) is 4.42 Å². The third-order valence-corrected chi connectivity index (χ3v) is 2.39. The van der Waals surface area contributed by atoms with E-state index in [1.54, 1.807) is 30.6 Å². The van der Waals surface area contributed by atoms with E-state index in [-0.39, 0.29) is 5.82 Å². The van der Waals surface area contributed by atoms with Crippen molar-refractivity contribution >= 4 is 0 Å². The maximum Gasteiger partial charge on any atom is 0.226 e. The van der Waals surface area contributed by atoms with Crippen LogP contribution in [0, 0.1) is 5.82 Å². The Hall–Kier alpha value is -2.56. The second-order valence-electron chi connectivity index (χ2n) is 3.62. The van der Waals surface area contributed by atoms with Crippen LogP contribution in [0.5, 0.6) is 0 Å². The number of hydrogen-bond acceptors (Lipinski definition) is 4. The highest BCUT2D eigenvalue weighted by atomic mass is 19.1. The Labute approximate surface area is 102 Å². The molecule has 2 aromatic heterocycles. The van der Waals surface area contributed by atoms with E-state index in [1.165, 1.54) is 18.4 Å². The van der Waals surface area contributed by atoms with E-state index in [9.17, 15) is 4.39 Å². The molecule has 2 heterocycles. The van der Waals surface area contributed by atoms with Crippen LogP contribution in [-0.2, 0) is 0 Å². The van der Waals surface area contributed by atoms with Crippen molar-refractivity contribution in [2.24, 2.45) is 0 Å². The van der Waals surface area contributed by atoms with Gasteiger partial charge in [0.2, 0.25) is 5.89 Å². The van der Waals surface area contributed by atoms with Crippen LogP contribution in [0.2, 0.25) is 0 Å². The quantitative estimate of drug-likeness (QED) is 0.692. The van der Waals surface area contributed by atoms with Crippen LogP contribution in [0.3, 0.4) is 0 Å². The lowest BCUT2D eigenvalue weighted by molar-refractivity contribution is 0.574. The van der Waals surface area contributed by atoms with E-state index in [0.717, 1.165) is 0 Å². The summed E-state index contributed by atoms with van der Waals surface area (Å²) in [6, 6.07) is 7.66. The van der Waals surface area contributed by atoms with Gasteiger partial charge in [-0.25, -0.2) is 19.3 Å². The molecule has 1 aromatic carbocycles. The number of hydrogen-bond donors (Lipinski definition) is 0. The molecule has 0 saturated heterocycles. The Balaban J connectivity index is 1.97. The van der Waals surface area contributed by atoms with Crippen molar-refractivity contribution in [3.05, 3.63) is 54.8 Å². The summed E-state index contributed by atoms with van der Waals surface area (Å²) >= 11 is 0. The maximum absolute atomic E-state index is 12.8. The Morgan fingerprint density at radius 1 is 1.00 bits per heavy atom. The van der Waals surface area contributed by atoms with Crippen molar-refractivity contribution in [2.45, 2.75) is 0 Å². The van der Waals surface area contributed by atoms with Gasteiger partial charge in [-0.05, 0) is 30.3 Å². The zero-order valence-corrected chi connectivity index (χ0v) is 9.25. The first-order chi connectivity index (χ1) is 8.83. The molecule has 0 aliphatic heterocycles. The average molecular weight is 241 g/mol. The maximum atomic E-state index is 12.8. The molecule has 0 atom stereocenters. The first-order valence-electron chi connectivity index (χ1n) is 5.32. The van der Waals surface area contributed by atoms with Gasteiger partial charge in [0.05, 0.1) is 0 Å². The van der Waals surface area contributed by atoms with Gasteiger partial charge in [-0.15, -0.1) is 0 Å². The molecular weight excluding hydrogens is 233 g/mol. The van der Waals surface area contributed by atoms with Gasteiger partial charge in [0, 0.05) is 18.0 Å². The Kier molecular flexibility index (Phi) is 2.57. The number of halogens is 1. The number of nitrogens with zero attached hydrogens (tertiary/aromatic N) is 3. The molecule has 5 heteroatoms. The predicted octanol–water partition coefficient (Wildman–Crippen LogP) is 2.94. The van der Waals surface area contributed by atoms with Gasteiger partial charge in [0.25, 0.3) is 0 Å². The summed E-state index contributed by atoms with van der Waals surface area (Å²) in [5.41, 5.74) is 1.26. The van der Waals surface area contributed by atoms with E-state index >= 15 is 0 Å². The van der Waals surface area contributed by atoms with Gasteiger partial charge in [0.15, 0.2) is 5.82 Å². The molecule has 3 rings (SSSR count). The smallest absolute Gasteiger partial charge is 0.226 e. The summed E-state index contributed by atoms with van der Waals surface area (Å²) in [5, 5.41) is 0. The van der Waals surface area contributed by atoms with Gasteiger partial charge in [-0.3, -0.25) is 0 Å². The van der Waals surface area contributed by atoms with Crippen LogP contribution in [-0.4, -0.2) is 15.0 Å². The fraction of sp³-hybridized carbons (Fsp3) is 0. The monoisotopic (exact) mass is 241 g/mol. The first kappa shape index (κ1) is 10.6. The SMILES string of the molecule is Fc1ccc(-c2nc(-c3ncccn3)co2)cc1. The first-order valence-corrected chi connectivity index (χ1v) is 5.32. The van der Waals surface area contributed by atoms with Crippen LogP contribution < -0.4 is 0 Å². The normalized spacial score (nSPS) is 10.5. The minimum Gasteiger partial charge on any atom is -0.444 e. The lowest BCUT2D eigenvalue weighted by atomic mass is 10.2. The van der Waals surface area contributed by atoms with E-state index in [1.807, 2.05) is 0 Å². The van der Waals surface area contributed by atoms with Crippen LogP contribution in [0.25, 0.3) is 23.0 Å². The molecule has 3 aromatic rings. The van der Waals surface area contributed by atoms with Gasteiger partial charge in [-0.2, -0.15) is 0 Å². The highest BCUT2D eigenvalue weighted by Gasteiger charge is 2.09. The van der Waals surface area contributed by atoms with E-state index < -0.39 is 0 Å². The standard InChI is InChI=1S/C13H8FN3O/c14-10-4-2-9(3-5-10)13-17-11(8-18-13)12-15-6-1-7-16-12/h1-8H. The average Bonchev–Trinajstić information content (AvgIpc) is 2.90. The molecule has 4 nitrogen and oxygen atoms in total. The van der Waals surface area contributed by atoms with E-state index in [0.29, 0.717) is 23.0 Å². The zero-order chi connectivity index (χ0) is 12.4. The summed E-state index contributed by atoms with van der Waals surface area (Å²) in [5.74, 6) is 0.615. The van der Waals surface area contributed by atoms with Crippen molar-refractivity contribution in [1.82, 2.24) is 15.0 Å². The predicted molar refractivity (Wildman–Crippen MR) is 62.9 cm³/mol. The highest BCUT2D eigenvalue weighted by Crippen LogP contribution is 2.22. The molecule has 0 fully saturated rings. The van der Waals surface area contributed by atoms with Gasteiger partial charge in [0.1, 0.15) is 17.8 Å². The molecule has 0 radical (unpaired) electrons. The number of rotatable bonds is 2. The zero-order valence-electron chi connectivity index (χ0n) is 9.25. The van der Waals surface area contributed by atoms with Crippen LogP contribution >= 0.6 is 0 Å². The topological polar surface area (TPSA) is 51.8 Å². The van der Waals surface area contributed by atoms with E-state index in [2.05, 4.69) is 15.0 Å². The summed E-state index contributed by atoms with van der Waals surface area (Å²) < 4.78 is 18.1. The van der Waals surface area contributed by atoms with Crippen LogP contribution in [0.4, 0.5) is 4.39 Å². The summed E-state index contributed by atoms with van der Waals surface area (Å²) in [4.78, 5) is 12.4. The molecule has 0 aliphatic carbocycles. The van der Waals surface area contributed by atoms with Crippen molar-refractivity contribution in [3.8, 4) is 23.0 Å². The molecule has 88 valence electrons. The fourth-order valence-electron chi connectivity index (χ4n) is 1.53. The Morgan fingerprint density at radius 3 is 2.44 bits per heavy atom. The lowest BCUT2D eigenvalue weighted by Gasteiger charge is -1.94. The molecule has 18 heavy (non-hydrogen) atoms. The summed E-state index contributed by atoms with van der Waals surface area (Å²) in [7, 11) is 0. The van der Waals surface area contributed by atoms with Gasteiger partial charge < -0.3 is 4.42 Å². The minimum absolute atomic E-state index is 0.295. The third-order valence-electron chi connectivity index (χ3n) is 2.39. The molecular formula is C13H8FN3O. The second-order valence-corrected chi connectivity index (χ2v) is 3.62. The number of oxazole rings is 1. The molecule has 0 bridgehead atoms. The largest absolute Gasteiger partial charge is 0.444 e. The van der Waals surface area contributed by atoms with Crippen molar-refractivity contribution in [1.29, 1.82) is 0 Å². The fourth-order valence-corrected chi connectivity index (χ4v) is 1.53. The molecule has 0 amide bonds. The molecule has 0 N–H and O–H groups in total.